The number of nitrogens with zero attached hydrogens (tertiary/aromatic N) is 2. The third kappa shape index (κ3) is 3.61. The summed E-state index contributed by atoms with van der Waals surface area (Å²) in [5, 5.41) is 3.60. The van der Waals surface area contributed by atoms with E-state index in [2.05, 4.69) is 58.6 Å². The second-order valence-corrected chi connectivity index (χ2v) is 5.82. The van der Waals surface area contributed by atoms with Gasteiger partial charge in [-0.3, -0.25) is 4.98 Å². The van der Waals surface area contributed by atoms with Crippen LogP contribution in [0, 0.1) is 0 Å². The molecule has 0 amide bonds. The molecule has 0 bridgehead atoms. The van der Waals surface area contributed by atoms with Crippen LogP contribution in [-0.2, 0) is 12.8 Å². The molecule has 110 valence electrons. The van der Waals surface area contributed by atoms with Crippen molar-refractivity contribution in [2.45, 2.75) is 25.3 Å². The lowest BCUT2D eigenvalue weighted by molar-refractivity contribution is 0.244. The summed E-state index contributed by atoms with van der Waals surface area (Å²) >= 11 is 0. The van der Waals surface area contributed by atoms with Gasteiger partial charge in [-0.25, -0.2) is 0 Å². The van der Waals surface area contributed by atoms with Crippen molar-refractivity contribution in [3.8, 4) is 0 Å². The van der Waals surface area contributed by atoms with Gasteiger partial charge in [-0.2, -0.15) is 0 Å². The van der Waals surface area contributed by atoms with Gasteiger partial charge < -0.3 is 10.2 Å². The quantitative estimate of drug-likeness (QED) is 0.934. The monoisotopic (exact) mass is 281 g/mol. The third-order valence-corrected chi connectivity index (χ3v) is 4.42. The molecule has 0 saturated carbocycles. The molecule has 1 aromatic heterocycles. The number of anilines is 1. The van der Waals surface area contributed by atoms with Crippen molar-refractivity contribution >= 4 is 5.69 Å². The summed E-state index contributed by atoms with van der Waals surface area (Å²) in [6, 6.07) is 13.5. The fraction of sp³-hybridized carbons (Fsp3) is 0.389. The molecule has 1 N–H and O–H groups in total. The van der Waals surface area contributed by atoms with Crippen molar-refractivity contribution < 1.29 is 0 Å². The number of aryl methyl sites for hydroxylation is 1. The molecule has 3 heteroatoms. The number of hydrogen-bond donors (Lipinski definition) is 1. The van der Waals surface area contributed by atoms with E-state index in [1.54, 1.807) is 0 Å². The Labute approximate surface area is 127 Å². The molecule has 0 saturated heterocycles. The minimum atomic E-state index is 0.597. The van der Waals surface area contributed by atoms with Crippen LogP contribution in [0.15, 0.2) is 48.8 Å². The zero-order valence-corrected chi connectivity index (χ0v) is 12.6. The highest BCUT2D eigenvalue weighted by Gasteiger charge is 2.18. The Hall–Kier alpha value is -1.87. The largest absolute Gasteiger partial charge is 0.383 e. The van der Waals surface area contributed by atoms with Crippen molar-refractivity contribution in [1.29, 1.82) is 0 Å². The minimum absolute atomic E-state index is 0.597. The van der Waals surface area contributed by atoms with Gasteiger partial charge in [0.05, 0.1) is 0 Å². The number of nitrogens with one attached hydrogen (secondary N) is 1. The number of pyridine rings is 1. The Morgan fingerprint density at radius 1 is 1.19 bits per heavy atom. The first-order valence-electron chi connectivity index (χ1n) is 7.74. The Bertz CT molecular complexity index is 541. The first-order chi connectivity index (χ1) is 10.3. The van der Waals surface area contributed by atoms with E-state index in [-0.39, 0.29) is 0 Å². The molecule has 3 rings (SSSR count). The maximum absolute atomic E-state index is 4.07. The van der Waals surface area contributed by atoms with E-state index < -0.39 is 0 Å². The summed E-state index contributed by atoms with van der Waals surface area (Å²) in [7, 11) is 2.24. The standard InChI is InChI=1S/C18H23N3/c1-21(13-10-15-8-11-19-12-9-15)17-7-6-16-4-2-3-5-18(16)20-14-17/h2-5,8-9,11-12,17,20H,6-7,10,13-14H2,1H3. The number of likely N-dealkylation sites (N-methyl/N-ethyl adjacent to an activating group) is 1. The van der Waals surface area contributed by atoms with E-state index in [0.717, 1.165) is 25.9 Å². The van der Waals surface area contributed by atoms with Crippen LogP contribution in [-0.4, -0.2) is 36.1 Å². The average Bonchev–Trinajstić information content (AvgIpc) is 2.76. The maximum atomic E-state index is 4.07. The topological polar surface area (TPSA) is 28.2 Å². The van der Waals surface area contributed by atoms with E-state index in [0.29, 0.717) is 6.04 Å². The van der Waals surface area contributed by atoms with Crippen molar-refractivity contribution in [2.24, 2.45) is 0 Å². The fourth-order valence-electron chi connectivity index (χ4n) is 2.98. The van der Waals surface area contributed by atoms with Gasteiger partial charge in [0.25, 0.3) is 0 Å². The Kier molecular flexibility index (Phi) is 4.51. The summed E-state index contributed by atoms with van der Waals surface area (Å²) in [5.41, 5.74) is 4.12. The van der Waals surface area contributed by atoms with Gasteiger partial charge in [-0.05, 0) is 55.6 Å². The van der Waals surface area contributed by atoms with Crippen LogP contribution >= 0.6 is 0 Å². The first kappa shape index (κ1) is 14.1. The van der Waals surface area contributed by atoms with Crippen molar-refractivity contribution in [2.75, 3.05) is 25.5 Å². The van der Waals surface area contributed by atoms with E-state index in [1.165, 1.54) is 23.2 Å². The number of fused-ring (bicyclic) bond motifs is 1. The normalized spacial score (nSPS) is 17.9. The molecule has 21 heavy (non-hydrogen) atoms. The van der Waals surface area contributed by atoms with Gasteiger partial charge in [0.2, 0.25) is 0 Å². The average molecular weight is 281 g/mol. The molecule has 1 atom stereocenters. The van der Waals surface area contributed by atoms with Crippen molar-refractivity contribution in [3.63, 3.8) is 0 Å². The number of para-hydroxylation sites is 1. The highest BCUT2D eigenvalue weighted by molar-refractivity contribution is 5.52. The minimum Gasteiger partial charge on any atom is -0.383 e. The van der Waals surface area contributed by atoms with E-state index in [4.69, 9.17) is 0 Å². The second-order valence-electron chi connectivity index (χ2n) is 5.82. The van der Waals surface area contributed by atoms with Crippen LogP contribution in [0.2, 0.25) is 0 Å². The molecule has 1 aliphatic rings. The van der Waals surface area contributed by atoms with Gasteiger partial charge in [0.15, 0.2) is 0 Å². The Morgan fingerprint density at radius 2 is 2.00 bits per heavy atom. The molecule has 1 unspecified atom stereocenters. The van der Waals surface area contributed by atoms with Crippen LogP contribution in [0.4, 0.5) is 5.69 Å². The van der Waals surface area contributed by atoms with Gasteiger partial charge in [-0.1, -0.05) is 18.2 Å². The van der Waals surface area contributed by atoms with Crippen LogP contribution in [0.25, 0.3) is 0 Å². The van der Waals surface area contributed by atoms with Crippen LogP contribution < -0.4 is 5.32 Å². The van der Waals surface area contributed by atoms with Gasteiger partial charge in [0, 0.05) is 37.2 Å². The van der Waals surface area contributed by atoms with E-state index in [1.807, 2.05) is 12.4 Å². The zero-order chi connectivity index (χ0) is 14.5. The predicted molar refractivity (Wildman–Crippen MR) is 87.6 cm³/mol. The summed E-state index contributed by atoms with van der Waals surface area (Å²) in [6.45, 7) is 2.12. The SMILES string of the molecule is CN(CCc1ccncc1)C1CCc2ccccc2NC1. The summed E-state index contributed by atoms with van der Waals surface area (Å²) in [6.07, 6.45) is 7.21. The van der Waals surface area contributed by atoms with Crippen LogP contribution in [0.5, 0.6) is 0 Å². The lowest BCUT2D eigenvalue weighted by Gasteiger charge is -2.27. The number of aromatic nitrogens is 1. The molecule has 1 aromatic carbocycles. The molecule has 0 spiro atoms. The highest BCUT2D eigenvalue weighted by Crippen LogP contribution is 2.22. The molecule has 0 aliphatic carbocycles. The van der Waals surface area contributed by atoms with Crippen LogP contribution in [0.1, 0.15) is 17.5 Å². The summed E-state index contributed by atoms with van der Waals surface area (Å²) in [5.74, 6) is 0. The number of benzene rings is 1. The highest BCUT2D eigenvalue weighted by atomic mass is 15.1. The molecule has 3 nitrogen and oxygen atoms in total. The maximum Gasteiger partial charge on any atom is 0.0373 e. The van der Waals surface area contributed by atoms with Crippen molar-refractivity contribution in [1.82, 2.24) is 9.88 Å². The Morgan fingerprint density at radius 3 is 2.86 bits per heavy atom. The lowest BCUT2D eigenvalue weighted by Crippen LogP contribution is -2.38. The summed E-state index contributed by atoms with van der Waals surface area (Å²) in [4.78, 5) is 6.56. The molecular formula is C18H23N3. The number of hydrogen-bond acceptors (Lipinski definition) is 3. The van der Waals surface area contributed by atoms with E-state index >= 15 is 0 Å². The van der Waals surface area contributed by atoms with Gasteiger partial charge in [-0.15, -0.1) is 0 Å². The molecule has 0 fully saturated rings. The summed E-state index contributed by atoms with van der Waals surface area (Å²) < 4.78 is 0. The predicted octanol–water partition coefficient (Wildman–Crippen LogP) is 2.98. The van der Waals surface area contributed by atoms with E-state index in [9.17, 15) is 0 Å². The second kappa shape index (κ2) is 6.72. The molecule has 2 aromatic rings. The third-order valence-electron chi connectivity index (χ3n) is 4.42. The zero-order valence-electron chi connectivity index (χ0n) is 12.6. The van der Waals surface area contributed by atoms with Gasteiger partial charge in [0.1, 0.15) is 0 Å². The first-order valence-corrected chi connectivity index (χ1v) is 7.74. The fourth-order valence-corrected chi connectivity index (χ4v) is 2.98. The van der Waals surface area contributed by atoms with Crippen molar-refractivity contribution in [3.05, 3.63) is 59.9 Å². The van der Waals surface area contributed by atoms with Gasteiger partial charge >= 0.3 is 0 Å². The molecule has 0 radical (unpaired) electrons. The molecule has 2 heterocycles. The lowest BCUT2D eigenvalue weighted by atomic mass is 10.1. The molecule has 1 aliphatic heterocycles. The number of rotatable bonds is 4. The Balaban J connectivity index is 1.55. The smallest absolute Gasteiger partial charge is 0.0373 e. The van der Waals surface area contributed by atoms with Crippen LogP contribution in [0.3, 0.4) is 0 Å². The molecular weight excluding hydrogens is 258 g/mol.